The van der Waals surface area contributed by atoms with Gasteiger partial charge in [-0.3, -0.25) is 0 Å². The maximum absolute atomic E-state index is 6.41. The molecule has 12 aromatic rings. The molecule has 0 amide bonds. The summed E-state index contributed by atoms with van der Waals surface area (Å²) >= 11 is 1.86. The van der Waals surface area contributed by atoms with Crippen molar-refractivity contribution in [3.63, 3.8) is 0 Å². The smallest absolute Gasteiger partial charge is 0.135 e. The van der Waals surface area contributed by atoms with E-state index in [0.29, 0.717) is 0 Å². The van der Waals surface area contributed by atoms with Gasteiger partial charge in [-0.1, -0.05) is 127 Å². The lowest BCUT2D eigenvalue weighted by atomic mass is 10.0. The lowest BCUT2D eigenvalue weighted by molar-refractivity contribution is 0.669. The summed E-state index contributed by atoms with van der Waals surface area (Å²) in [7, 11) is 0. The topological polar surface area (TPSA) is 22.9 Å². The number of fused-ring (bicyclic) bond motifs is 6. The Labute approximate surface area is 394 Å². The molecule has 67 heavy (non-hydrogen) atoms. The van der Waals surface area contributed by atoms with Crippen LogP contribution in [-0.2, 0) is 0 Å². The van der Waals surface area contributed by atoms with E-state index in [1.165, 1.54) is 42.4 Å². The highest BCUT2D eigenvalue weighted by molar-refractivity contribution is 7.26. The zero-order valence-electron chi connectivity index (χ0n) is 37.2. The summed E-state index contributed by atoms with van der Waals surface area (Å²) in [4.78, 5) is 7.15. The normalized spacial score (nSPS) is 11.4. The fraction of sp³-hybridized carbons (Fsp3) is 0.0323. The summed E-state index contributed by atoms with van der Waals surface area (Å²) < 4.78 is 9.01. The average molecular weight is 880 g/mol. The molecule has 320 valence electrons. The summed E-state index contributed by atoms with van der Waals surface area (Å²) in [6.07, 6.45) is 0. The van der Waals surface area contributed by atoms with E-state index in [4.69, 9.17) is 4.42 Å². The van der Waals surface area contributed by atoms with Gasteiger partial charge in [0.2, 0.25) is 0 Å². The van der Waals surface area contributed by atoms with Crippen LogP contribution in [0.5, 0.6) is 0 Å². The van der Waals surface area contributed by atoms with Crippen molar-refractivity contribution in [3.8, 4) is 11.1 Å². The van der Waals surface area contributed by atoms with Crippen molar-refractivity contribution in [2.24, 2.45) is 0 Å². The monoisotopic (exact) mass is 879 g/mol. The predicted octanol–water partition coefficient (Wildman–Crippen LogP) is 18.6. The van der Waals surface area contributed by atoms with E-state index in [2.05, 4.69) is 253 Å². The molecule has 0 N–H and O–H groups in total. The van der Waals surface area contributed by atoms with Crippen molar-refractivity contribution >= 4 is 105 Å². The van der Waals surface area contributed by atoms with Crippen LogP contribution in [-0.4, -0.2) is 0 Å². The molecule has 0 saturated carbocycles. The van der Waals surface area contributed by atoms with Crippen molar-refractivity contribution < 1.29 is 4.42 Å². The fourth-order valence-electron chi connectivity index (χ4n) is 9.61. The number of thiophene rings is 1. The van der Waals surface area contributed by atoms with Gasteiger partial charge in [-0.2, -0.15) is 0 Å². The number of rotatable bonds is 10. The zero-order chi connectivity index (χ0) is 44.8. The Bertz CT molecular complexity index is 3640. The number of aryl methyl sites for hydroxylation is 2. The fourth-order valence-corrected chi connectivity index (χ4v) is 10.9. The van der Waals surface area contributed by atoms with Gasteiger partial charge in [0.25, 0.3) is 0 Å². The minimum absolute atomic E-state index is 0.857. The van der Waals surface area contributed by atoms with Crippen LogP contribution in [0.2, 0.25) is 0 Å². The van der Waals surface area contributed by atoms with Crippen LogP contribution in [0, 0.1) is 13.8 Å². The van der Waals surface area contributed by atoms with Crippen molar-refractivity contribution in [1.29, 1.82) is 0 Å². The average Bonchev–Trinajstić information content (AvgIpc) is 3.94. The van der Waals surface area contributed by atoms with E-state index >= 15 is 0 Å². The van der Waals surface area contributed by atoms with Crippen molar-refractivity contribution in [1.82, 2.24) is 0 Å². The summed E-state index contributed by atoms with van der Waals surface area (Å²) in [6.45, 7) is 4.32. The van der Waals surface area contributed by atoms with Gasteiger partial charge in [0.15, 0.2) is 0 Å². The quantitative estimate of drug-likeness (QED) is 0.136. The van der Waals surface area contributed by atoms with Crippen LogP contribution in [0.4, 0.5) is 51.2 Å². The van der Waals surface area contributed by atoms with E-state index in [0.717, 1.165) is 73.1 Å². The maximum Gasteiger partial charge on any atom is 0.135 e. The van der Waals surface area contributed by atoms with Gasteiger partial charge in [-0.15, -0.1) is 11.3 Å². The summed E-state index contributed by atoms with van der Waals surface area (Å²) in [5.41, 5.74) is 15.9. The Kier molecular flexibility index (Phi) is 10.1. The van der Waals surface area contributed by atoms with Gasteiger partial charge < -0.3 is 19.1 Å². The minimum Gasteiger partial charge on any atom is -0.456 e. The van der Waals surface area contributed by atoms with Crippen LogP contribution < -0.4 is 14.7 Å². The number of furan rings is 1. The number of benzene rings is 10. The summed E-state index contributed by atoms with van der Waals surface area (Å²) in [6, 6.07) is 85.3. The Morgan fingerprint density at radius 1 is 0.313 bits per heavy atom. The minimum atomic E-state index is 0.857. The summed E-state index contributed by atoms with van der Waals surface area (Å²) in [5.74, 6) is 0. The lowest BCUT2D eigenvalue weighted by Crippen LogP contribution is -2.16. The van der Waals surface area contributed by atoms with Crippen LogP contribution in [0.25, 0.3) is 53.2 Å². The number of anilines is 9. The maximum atomic E-state index is 6.41. The summed E-state index contributed by atoms with van der Waals surface area (Å²) in [5, 5.41) is 4.75. The largest absolute Gasteiger partial charge is 0.456 e. The molecule has 0 atom stereocenters. The second-order valence-corrected chi connectivity index (χ2v) is 18.2. The highest BCUT2D eigenvalue weighted by Crippen LogP contribution is 2.48. The highest BCUT2D eigenvalue weighted by Gasteiger charge is 2.23. The molecule has 0 saturated heterocycles. The molecule has 12 rings (SSSR count). The molecule has 4 nitrogen and oxygen atoms in total. The van der Waals surface area contributed by atoms with E-state index in [1.54, 1.807) is 0 Å². The van der Waals surface area contributed by atoms with Crippen molar-refractivity contribution in [3.05, 3.63) is 248 Å². The number of hydrogen-bond acceptors (Lipinski definition) is 5. The van der Waals surface area contributed by atoms with Gasteiger partial charge in [-0.25, -0.2) is 0 Å². The first-order valence-electron chi connectivity index (χ1n) is 22.7. The van der Waals surface area contributed by atoms with E-state index in [9.17, 15) is 0 Å². The van der Waals surface area contributed by atoms with Crippen LogP contribution >= 0.6 is 11.3 Å². The second-order valence-electron chi connectivity index (χ2n) is 17.2. The first-order chi connectivity index (χ1) is 33.0. The molecule has 0 aliphatic rings. The molecule has 0 bridgehead atoms. The van der Waals surface area contributed by atoms with E-state index in [1.807, 2.05) is 23.5 Å². The molecule has 0 radical (unpaired) electrons. The van der Waals surface area contributed by atoms with Crippen molar-refractivity contribution in [2.45, 2.75) is 13.8 Å². The number of para-hydroxylation sites is 3. The zero-order valence-corrected chi connectivity index (χ0v) is 38.0. The second kappa shape index (κ2) is 16.9. The lowest BCUT2D eigenvalue weighted by Gasteiger charge is -2.33. The molecule has 0 spiro atoms. The standard InChI is InChI=1S/C62H45N3OS/c1-42-16-13-22-48(36-42)63(45-18-5-3-6-19-45)51-38-52(64(46-20-7-4-8-21-46)49-23-14-17-43(2)37-49)40-53(39-51)65(50-34-35-60-58(41-50)55-24-9-11-28-59(55)66-60)47-32-30-44(31-33-47)54-26-15-27-57-56-25-10-12-29-61(56)67-62(54)57/h3-41H,1-2H3. The van der Waals surface area contributed by atoms with Crippen LogP contribution in [0.3, 0.4) is 0 Å². The molecule has 2 aromatic heterocycles. The first-order valence-corrected chi connectivity index (χ1v) is 23.5. The van der Waals surface area contributed by atoms with Crippen LogP contribution in [0.15, 0.2) is 241 Å². The highest BCUT2D eigenvalue weighted by atomic mass is 32.1. The molecule has 0 unspecified atom stereocenters. The SMILES string of the molecule is Cc1cccc(N(c2ccccc2)c2cc(N(c3ccccc3)c3cccc(C)c3)cc(N(c3ccc(-c4cccc5c4sc4ccccc45)cc3)c3ccc4oc5ccccc5c4c3)c2)c1. The van der Waals surface area contributed by atoms with E-state index in [-0.39, 0.29) is 0 Å². The Balaban J connectivity index is 1.12. The molecule has 5 heteroatoms. The van der Waals surface area contributed by atoms with Crippen LogP contribution in [0.1, 0.15) is 11.1 Å². The van der Waals surface area contributed by atoms with Gasteiger partial charge >= 0.3 is 0 Å². The third-order valence-corrected chi connectivity index (χ3v) is 13.9. The molecule has 0 aliphatic carbocycles. The Morgan fingerprint density at radius 2 is 0.776 bits per heavy atom. The van der Waals surface area contributed by atoms with E-state index < -0.39 is 0 Å². The van der Waals surface area contributed by atoms with Gasteiger partial charge in [0.1, 0.15) is 11.2 Å². The Morgan fingerprint density at radius 3 is 1.39 bits per heavy atom. The predicted molar refractivity (Wildman–Crippen MR) is 286 cm³/mol. The third kappa shape index (κ3) is 7.46. The molecule has 0 aliphatic heterocycles. The van der Waals surface area contributed by atoms with Gasteiger partial charge in [0, 0.05) is 65.1 Å². The van der Waals surface area contributed by atoms with Gasteiger partial charge in [0.05, 0.1) is 17.1 Å². The van der Waals surface area contributed by atoms with Crippen molar-refractivity contribution in [2.75, 3.05) is 14.7 Å². The molecular formula is C62H45N3OS. The number of nitrogens with zero attached hydrogens (tertiary/aromatic N) is 3. The molecular weight excluding hydrogens is 835 g/mol. The molecule has 2 heterocycles. The molecule has 0 fully saturated rings. The third-order valence-electron chi connectivity index (χ3n) is 12.7. The first kappa shape index (κ1) is 40.2. The number of hydrogen-bond donors (Lipinski definition) is 0. The Hall–Kier alpha value is -8.38. The molecule has 10 aromatic carbocycles. The van der Waals surface area contributed by atoms with Gasteiger partial charge in [-0.05, 0) is 145 Å².